The van der Waals surface area contributed by atoms with Gasteiger partial charge in [-0.25, -0.2) is 0 Å². The number of amides is 2. The summed E-state index contributed by atoms with van der Waals surface area (Å²) in [5.74, 6) is -0.454. The molecule has 0 saturated heterocycles. The molecule has 1 fully saturated rings. The molecule has 0 aromatic heterocycles. The molecule has 8 heteroatoms. The lowest BCUT2D eigenvalue weighted by molar-refractivity contribution is -0.862. The fourth-order valence-electron chi connectivity index (χ4n) is 2.05. The average molecular weight is 307 g/mol. The first kappa shape index (κ1) is 15.9. The highest BCUT2D eigenvalue weighted by molar-refractivity contribution is 5.93. The predicted molar refractivity (Wildman–Crippen MR) is 79.5 cm³/mol. The van der Waals surface area contributed by atoms with Gasteiger partial charge in [-0.15, -0.1) is 0 Å². The van der Waals surface area contributed by atoms with Crippen LogP contribution in [0.4, 0.5) is 11.4 Å². The Balaban J connectivity index is 1.84. The fourth-order valence-corrected chi connectivity index (χ4v) is 2.05. The lowest BCUT2D eigenvalue weighted by Gasteiger charge is -2.13. The second kappa shape index (κ2) is 6.99. The zero-order valence-corrected chi connectivity index (χ0v) is 12.3. The molecular weight excluding hydrogens is 288 g/mol. The summed E-state index contributed by atoms with van der Waals surface area (Å²) in [6, 6.07) is 6.25. The number of nitrogens with zero attached hydrogens (tertiary/aromatic N) is 1. The number of hydrogen-bond acceptors (Lipinski definition) is 4. The van der Waals surface area contributed by atoms with Crippen molar-refractivity contribution in [1.82, 2.24) is 5.32 Å². The van der Waals surface area contributed by atoms with Gasteiger partial charge in [-0.05, 0) is 18.9 Å². The van der Waals surface area contributed by atoms with Gasteiger partial charge in [-0.2, -0.15) is 0 Å². The van der Waals surface area contributed by atoms with Gasteiger partial charge < -0.3 is 15.5 Å². The quantitative estimate of drug-likeness (QED) is 0.459. The first-order valence-electron chi connectivity index (χ1n) is 7.09. The van der Waals surface area contributed by atoms with Crippen LogP contribution in [-0.2, 0) is 9.59 Å². The second-order valence-corrected chi connectivity index (χ2v) is 5.47. The van der Waals surface area contributed by atoms with Crippen molar-refractivity contribution >= 4 is 23.2 Å². The van der Waals surface area contributed by atoms with Gasteiger partial charge in [0.15, 0.2) is 13.1 Å². The van der Waals surface area contributed by atoms with E-state index in [1.165, 1.54) is 18.2 Å². The normalized spacial score (nSPS) is 15.0. The van der Waals surface area contributed by atoms with Gasteiger partial charge in [0.05, 0.1) is 12.0 Å². The van der Waals surface area contributed by atoms with Crippen LogP contribution in [0.15, 0.2) is 24.3 Å². The van der Waals surface area contributed by atoms with Gasteiger partial charge in [-0.3, -0.25) is 19.7 Å². The Morgan fingerprint density at radius 1 is 1.27 bits per heavy atom. The molecule has 1 aliphatic rings. The molecule has 118 valence electrons. The molecule has 1 aromatic rings. The molecule has 0 bridgehead atoms. The zero-order chi connectivity index (χ0) is 16.1. The molecule has 0 radical (unpaired) electrons. The van der Waals surface area contributed by atoms with Gasteiger partial charge in [0.2, 0.25) is 0 Å². The maximum absolute atomic E-state index is 11.9. The van der Waals surface area contributed by atoms with Gasteiger partial charge in [0.25, 0.3) is 17.5 Å². The van der Waals surface area contributed by atoms with Crippen LogP contribution in [0.2, 0.25) is 0 Å². The summed E-state index contributed by atoms with van der Waals surface area (Å²) < 4.78 is 0. The number of nitrogens with one attached hydrogen (secondary N) is 3. The van der Waals surface area contributed by atoms with Crippen molar-refractivity contribution in [1.29, 1.82) is 0 Å². The lowest BCUT2D eigenvalue weighted by Crippen LogP contribution is -3.11. The van der Waals surface area contributed by atoms with Crippen molar-refractivity contribution < 1.29 is 19.4 Å². The monoisotopic (exact) mass is 307 g/mol. The Kier molecular flexibility index (Phi) is 5.05. The molecule has 1 saturated carbocycles. The molecule has 0 spiro atoms. The highest BCUT2D eigenvalue weighted by Gasteiger charge is 2.25. The molecule has 1 aromatic carbocycles. The number of para-hydroxylation sites is 2. The summed E-state index contributed by atoms with van der Waals surface area (Å²) in [6.07, 6.45) is 2.03. The Labute approximate surface area is 127 Å². The van der Waals surface area contributed by atoms with Gasteiger partial charge >= 0.3 is 0 Å². The number of rotatable bonds is 7. The Morgan fingerprint density at radius 2 is 1.91 bits per heavy atom. The summed E-state index contributed by atoms with van der Waals surface area (Å²) in [4.78, 5) is 34.6. The molecule has 3 N–H and O–H groups in total. The maximum Gasteiger partial charge on any atom is 0.292 e. The Morgan fingerprint density at radius 3 is 2.55 bits per heavy atom. The fraction of sp³-hybridized carbons (Fsp3) is 0.429. The van der Waals surface area contributed by atoms with Crippen LogP contribution >= 0.6 is 0 Å². The van der Waals surface area contributed by atoms with Crippen molar-refractivity contribution in [3.05, 3.63) is 34.4 Å². The van der Waals surface area contributed by atoms with Crippen molar-refractivity contribution in [3.8, 4) is 0 Å². The molecule has 8 nitrogen and oxygen atoms in total. The van der Waals surface area contributed by atoms with E-state index in [0.717, 1.165) is 12.8 Å². The highest BCUT2D eigenvalue weighted by atomic mass is 16.6. The minimum absolute atomic E-state index is 0.0597. The molecule has 1 aliphatic carbocycles. The standard InChI is InChI=1S/C14H18N4O4/c1-17(8-13(19)15-10-6-7-10)9-14(20)16-11-4-2-3-5-12(11)18(21)22/h2-5,10H,6-9H2,1H3,(H,15,19)(H,16,20)/p+1. The smallest absolute Gasteiger partial charge is 0.292 e. The predicted octanol–water partition coefficient (Wildman–Crippen LogP) is -0.673. The van der Waals surface area contributed by atoms with Gasteiger partial charge in [0.1, 0.15) is 5.69 Å². The number of hydrogen-bond donors (Lipinski definition) is 3. The van der Waals surface area contributed by atoms with Crippen LogP contribution in [0.25, 0.3) is 0 Å². The topological polar surface area (TPSA) is 106 Å². The number of anilines is 1. The largest absolute Gasteiger partial charge is 0.348 e. The number of benzene rings is 1. The Hall–Kier alpha value is -2.48. The third-order valence-corrected chi connectivity index (χ3v) is 3.24. The van der Waals surface area contributed by atoms with E-state index < -0.39 is 4.92 Å². The summed E-state index contributed by atoms with van der Waals surface area (Å²) in [6.45, 7) is 0.255. The van der Waals surface area contributed by atoms with E-state index in [2.05, 4.69) is 10.6 Å². The SMILES string of the molecule is C[NH+](CC(=O)Nc1ccccc1[N+](=O)[O-])CC(=O)NC1CC1. The molecule has 1 unspecified atom stereocenters. The van der Waals surface area contributed by atoms with Gasteiger partial charge in [0, 0.05) is 12.1 Å². The zero-order valence-electron chi connectivity index (χ0n) is 12.3. The average Bonchev–Trinajstić information content (AvgIpc) is 3.22. The van der Waals surface area contributed by atoms with Crippen molar-refractivity contribution in [2.75, 3.05) is 25.5 Å². The van der Waals surface area contributed by atoms with Crippen molar-refractivity contribution in [3.63, 3.8) is 0 Å². The molecule has 2 amide bonds. The first-order chi connectivity index (χ1) is 10.5. The minimum Gasteiger partial charge on any atom is -0.348 e. The van der Waals surface area contributed by atoms with E-state index in [0.29, 0.717) is 10.9 Å². The van der Waals surface area contributed by atoms with E-state index in [4.69, 9.17) is 0 Å². The maximum atomic E-state index is 11.9. The molecule has 0 heterocycles. The number of nitro groups is 1. The van der Waals surface area contributed by atoms with E-state index in [1.54, 1.807) is 13.1 Å². The van der Waals surface area contributed by atoms with Crippen LogP contribution in [0, 0.1) is 10.1 Å². The van der Waals surface area contributed by atoms with Crippen LogP contribution in [0.1, 0.15) is 12.8 Å². The third kappa shape index (κ3) is 4.81. The van der Waals surface area contributed by atoms with Crippen LogP contribution in [0.5, 0.6) is 0 Å². The molecule has 2 rings (SSSR count). The van der Waals surface area contributed by atoms with Gasteiger partial charge in [-0.1, -0.05) is 12.1 Å². The number of likely N-dealkylation sites (N-methyl/N-ethyl adjacent to an activating group) is 1. The van der Waals surface area contributed by atoms with Crippen LogP contribution in [-0.4, -0.2) is 42.9 Å². The molecule has 1 atom stereocenters. The van der Waals surface area contributed by atoms with Crippen LogP contribution < -0.4 is 15.5 Å². The summed E-state index contributed by atoms with van der Waals surface area (Å²) in [5, 5.41) is 16.2. The van der Waals surface area contributed by atoms with E-state index >= 15 is 0 Å². The van der Waals surface area contributed by atoms with E-state index in [1.807, 2.05) is 0 Å². The summed E-state index contributed by atoms with van der Waals surface area (Å²) >= 11 is 0. The number of carbonyl (C=O) groups excluding carboxylic acids is 2. The second-order valence-electron chi connectivity index (χ2n) is 5.47. The number of nitro benzene ring substituents is 1. The lowest BCUT2D eigenvalue weighted by atomic mass is 10.2. The molecular formula is C14H19N4O4+. The summed E-state index contributed by atoms with van der Waals surface area (Å²) in [7, 11) is 1.73. The van der Waals surface area contributed by atoms with Crippen molar-refractivity contribution in [2.45, 2.75) is 18.9 Å². The summed E-state index contributed by atoms with van der Waals surface area (Å²) in [5.41, 5.74) is 0.00714. The minimum atomic E-state index is -0.546. The Bertz CT molecular complexity index is 586. The molecule has 22 heavy (non-hydrogen) atoms. The van der Waals surface area contributed by atoms with E-state index in [-0.39, 0.29) is 36.3 Å². The number of carbonyl (C=O) groups is 2. The van der Waals surface area contributed by atoms with Crippen molar-refractivity contribution in [2.24, 2.45) is 0 Å². The first-order valence-corrected chi connectivity index (χ1v) is 7.09. The number of quaternary nitrogens is 1. The van der Waals surface area contributed by atoms with E-state index in [9.17, 15) is 19.7 Å². The molecule has 0 aliphatic heterocycles. The third-order valence-electron chi connectivity index (χ3n) is 3.24. The van der Waals surface area contributed by atoms with Crippen LogP contribution in [0.3, 0.4) is 0 Å². The highest BCUT2D eigenvalue weighted by Crippen LogP contribution is 2.22.